The number of carboxylic acid groups (broad SMARTS) is 1. The van der Waals surface area contributed by atoms with Crippen molar-refractivity contribution in [3.63, 3.8) is 0 Å². The second-order valence-corrected chi connectivity index (χ2v) is 42.9. The molecule has 3 aliphatic heterocycles. The van der Waals surface area contributed by atoms with Crippen molar-refractivity contribution >= 4 is 157 Å². The highest BCUT2D eigenvalue weighted by molar-refractivity contribution is 7.23. The summed E-state index contributed by atoms with van der Waals surface area (Å²) >= 11 is 23.6. The molecule has 0 radical (unpaired) electrons. The number of carbonyl (C=O) groups excluding carboxylic acids is 3. The number of carboxylic acids is 1. The van der Waals surface area contributed by atoms with Crippen molar-refractivity contribution in [1.82, 2.24) is 59.1 Å². The van der Waals surface area contributed by atoms with Crippen LogP contribution in [0.5, 0.6) is 0 Å². The van der Waals surface area contributed by atoms with E-state index in [1.165, 1.54) is 0 Å². The van der Waals surface area contributed by atoms with Crippen LogP contribution in [0.3, 0.4) is 0 Å². The van der Waals surface area contributed by atoms with Crippen LogP contribution in [-0.2, 0) is 42.8 Å². The Bertz CT molecular complexity index is 6980. The van der Waals surface area contributed by atoms with Gasteiger partial charge in [-0.3, -0.25) is 0 Å². The number of aryl methyl sites for hydroxylation is 6. The molecule has 0 spiro atoms. The number of aromatic nitrogens is 9. The minimum absolute atomic E-state index is 0.0717. The molecule has 18 rings (SSSR count). The fraction of sp³-hybridized carbons (Fsp3) is 0.390. The number of nitrogens with one attached hydrogen (secondary N) is 2. The number of ether oxygens (including phenoxy) is 6. The number of aliphatic carboxylic acids is 1. The van der Waals surface area contributed by atoms with Crippen LogP contribution in [0.15, 0.2) is 146 Å². The summed E-state index contributed by atoms with van der Waals surface area (Å²) in [6, 6.07) is 48.7. The molecule has 0 bridgehead atoms. The highest BCUT2D eigenvalue weighted by Gasteiger charge is 2.40. The Kier molecular flexibility index (Phi) is 28.0. The zero-order valence-corrected chi connectivity index (χ0v) is 84.2. The summed E-state index contributed by atoms with van der Waals surface area (Å²) < 4.78 is 45.5. The van der Waals surface area contributed by atoms with Gasteiger partial charge in [-0.15, -0.1) is 34.0 Å². The molecule has 3 fully saturated rings. The maximum absolute atomic E-state index is 13.5. The van der Waals surface area contributed by atoms with Gasteiger partial charge in [0, 0.05) is 103 Å². The molecular weight excluding hydrogens is 1810 g/mol. The number of hydrogen-bond acceptors (Lipinski definition) is 21. The van der Waals surface area contributed by atoms with Crippen LogP contribution in [0, 0.1) is 41.5 Å². The normalized spacial score (nSPS) is 16.3. The number of rotatable bonds is 20. The van der Waals surface area contributed by atoms with E-state index in [0.717, 1.165) is 220 Å². The first-order valence-electron chi connectivity index (χ1n) is 45.6. The molecule has 15 aromatic rings. The van der Waals surface area contributed by atoms with Crippen molar-refractivity contribution in [2.45, 2.75) is 217 Å². The van der Waals surface area contributed by atoms with Crippen molar-refractivity contribution in [3.8, 4) is 65.1 Å². The molecule has 3 aliphatic rings. The second-order valence-electron chi connectivity index (χ2n) is 38.6. The van der Waals surface area contributed by atoms with E-state index in [1.54, 1.807) is 45.8 Å². The quantitative estimate of drug-likeness (QED) is 0.0473. The Hall–Kier alpha value is -10.6. The smallest absolute Gasteiger partial charge is 0.410 e. The third-order valence-corrected chi connectivity index (χ3v) is 28.1. The van der Waals surface area contributed by atoms with Crippen LogP contribution < -0.4 is 10.6 Å². The van der Waals surface area contributed by atoms with Gasteiger partial charge in [0.15, 0.2) is 18.3 Å². The van der Waals surface area contributed by atoms with E-state index in [1.807, 2.05) is 209 Å². The average molecular weight is 1920 g/mol. The predicted molar refractivity (Wildman–Crippen MR) is 541 cm³/mol. The third kappa shape index (κ3) is 20.7. The molecule has 3 saturated heterocycles. The Morgan fingerprint density at radius 3 is 1.02 bits per heavy atom. The lowest BCUT2D eigenvalue weighted by Gasteiger charge is -2.29. The number of nitrogens with zero attached hydrogens (tertiary/aromatic N) is 10. The maximum atomic E-state index is 13.5. The minimum atomic E-state index is -1.15. The van der Waals surface area contributed by atoms with Crippen LogP contribution in [0.2, 0.25) is 15.1 Å². The van der Waals surface area contributed by atoms with Gasteiger partial charge in [0.1, 0.15) is 38.1 Å². The summed E-state index contributed by atoms with van der Waals surface area (Å²) in [5, 5.41) is 21.8. The van der Waals surface area contributed by atoms with Gasteiger partial charge in [-0.25, -0.2) is 49.1 Å². The van der Waals surface area contributed by atoms with E-state index in [2.05, 4.69) is 92.8 Å². The van der Waals surface area contributed by atoms with Crippen molar-refractivity contribution in [1.29, 1.82) is 0 Å². The highest BCUT2D eigenvalue weighted by Crippen LogP contribution is 2.51. The molecule has 6 atom stereocenters. The molecule has 0 aliphatic carbocycles. The van der Waals surface area contributed by atoms with Gasteiger partial charge in [-0.1, -0.05) is 71.2 Å². The molecule has 1 amide bonds. The van der Waals surface area contributed by atoms with E-state index in [-0.39, 0.29) is 25.3 Å². The predicted octanol–water partition coefficient (Wildman–Crippen LogP) is 25.8. The van der Waals surface area contributed by atoms with E-state index >= 15 is 0 Å². The zero-order valence-electron chi connectivity index (χ0n) is 79.5. The summed E-state index contributed by atoms with van der Waals surface area (Å²) in [6.07, 6.45) is -0.327. The Morgan fingerprint density at radius 2 is 0.724 bits per heavy atom. The molecule has 134 heavy (non-hydrogen) atoms. The third-order valence-electron chi connectivity index (χ3n) is 23.9. The maximum Gasteiger partial charge on any atom is 0.410 e. The standard InChI is InChI=1S/C39H45ClN4O5S.C34H37ClN4O3S.C32H33ClN4O3S/c1-10-47-36(45)33(48-38(4,5)6)31-22(2)19-29-34(32(31)24-11-14-26(40)15-12-24)50-35(42-29)25-13-16-28-30(20-25)44(23(3)41-28)27-17-18-43(21-27)37(46)49-39(7,8)9;1-7-41-33(40)30(42-34(4,5)6)28-19(2)16-26-31(29(28)21-8-11-23(35)12-9-21)43-32(38-26)22-10-13-25-27(17-22)39(20(3)37-25)24-14-15-36-18-24;1-17-14-24-29(27(19-6-9-21(33)10-7-19)26(17)28(31(38)39)40-32(3,4)5)41-30(36-24)20-8-11-23-25(15-20)37(18(2)35-23)22-12-13-34-16-22/h11-16,19-20,27,33H,10,17-18,21H2,1-9H3;8-13,16-17,24,30,36H,7,14-15,18H2,1-6H3;6-11,14-15,22,28,34H,12-13,16H2,1-5H3,(H,38,39)/t27-,33+;24-,30+;22-,28+/m111/s1. The molecule has 700 valence electrons. The van der Waals surface area contributed by atoms with Crippen molar-refractivity contribution < 1.29 is 52.7 Å². The fourth-order valence-electron chi connectivity index (χ4n) is 18.5. The van der Waals surface area contributed by atoms with Gasteiger partial charge in [-0.2, -0.15) is 0 Å². The topological polar surface area (TPSA) is 263 Å². The molecule has 0 unspecified atom stereocenters. The highest BCUT2D eigenvalue weighted by atomic mass is 35.5. The number of amides is 1. The average Bonchev–Trinajstić information content (AvgIpc) is 1.47. The van der Waals surface area contributed by atoms with E-state index in [4.69, 9.17) is 93.1 Å². The van der Waals surface area contributed by atoms with Gasteiger partial charge in [0.25, 0.3) is 0 Å². The van der Waals surface area contributed by atoms with Crippen LogP contribution in [0.1, 0.15) is 203 Å². The first kappa shape index (κ1) is 96.5. The molecule has 23 nitrogen and oxygen atoms in total. The zero-order chi connectivity index (χ0) is 95.6. The van der Waals surface area contributed by atoms with Crippen molar-refractivity contribution in [3.05, 3.63) is 212 Å². The number of hydrogen-bond donors (Lipinski definition) is 3. The monoisotopic (exact) mass is 1920 g/mol. The van der Waals surface area contributed by atoms with Gasteiger partial charge in [0.2, 0.25) is 0 Å². The van der Waals surface area contributed by atoms with Crippen LogP contribution in [0.25, 0.3) is 129 Å². The van der Waals surface area contributed by atoms with Crippen LogP contribution >= 0.6 is 68.8 Å². The number of benzene rings is 9. The van der Waals surface area contributed by atoms with E-state index in [9.17, 15) is 24.3 Å². The van der Waals surface area contributed by atoms with Gasteiger partial charge < -0.3 is 62.8 Å². The number of fused-ring (bicyclic) bond motifs is 6. The second kappa shape index (κ2) is 38.9. The number of imidazole rings is 3. The van der Waals surface area contributed by atoms with Gasteiger partial charge in [0.05, 0.1) is 99.8 Å². The van der Waals surface area contributed by atoms with Crippen LogP contribution in [0.4, 0.5) is 4.79 Å². The van der Waals surface area contributed by atoms with Crippen LogP contribution in [-0.4, -0.2) is 152 Å². The first-order chi connectivity index (χ1) is 63.6. The number of likely N-dealkylation sites (tertiary alicyclic amines) is 1. The Balaban J connectivity index is 0.000000147. The Morgan fingerprint density at radius 1 is 0.410 bits per heavy atom. The summed E-state index contributed by atoms with van der Waals surface area (Å²) in [6.45, 7) is 44.2. The van der Waals surface area contributed by atoms with Crippen molar-refractivity contribution in [2.24, 2.45) is 0 Å². The molecule has 9 aromatic carbocycles. The van der Waals surface area contributed by atoms with Crippen molar-refractivity contribution in [2.75, 3.05) is 52.5 Å². The molecule has 29 heteroatoms. The number of esters is 2. The minimum Gasteiger partial charge on any atom is -0.479 e. The van der Waals surface area contributed by atoms with Gasteiger partial charge >= 0.3 is 24.0 Å². The molecule has 0 saturated carbocycles. The largest absolute Gasteiger partial charge is 0.479 e. The first-order valence-corrected chi connectivity index (χ1v) is 49.2. The molecule has 6 aromatic heterocycles. The summed E-state index contributed by atoms with van der Waals surface area (Å²) in [7, 11) is 0. The number of carbonyl (C=O) groups is 4. The lowest BCUT2D eigenvalue weighted by molar-refractivity contribution is -0.167. The van der Waals surface area contributed by atoms with E-state index in [0.29, 0.717) is 45.8 Å². The molecule has 9 heterocycles. The molecular formula is C105H115Cl3N12O11S3. The van der Waals surface area contributed by atoms with E-state index < -0.39 is 58.6 Å². The number of thiazole rings is 3. The SMILES string of the molecule is CCOC(=O)[C@@H](OC(C)(C)C)c1c(C)cc2nc(-c3ccc4nc(C)n([C@@H]5CCN(C(=O)OC(C)(C)C)C5)c4c3)sc2c1-c1ccc(Cl)cc1.CCOC(=O)[C@@H](OC(C)(C)C)c1c(C)cc2nc(-c3ccc4nc(C)n([C@@H]5CCNC5)c4c3)sc2c1-c1ccc(Cl)cc1.Cc1cc2nc(-c3ccc4nc(C)n([C@@H]5CCNC5)c4c3)sc2c(-c2ccc(Cl)cc2)c1[C@H](OC(C)(C)C)C(=O)O. The summed E-state index contributed by atoms with van der Waals surface area (Å²) in [5.41, 5.74) is 19.3. The lowest BCUT2D eigenvalue weighted by Crippen LogP contribution is -2.35. The fourth-order valence-corrected chi connectivity index (χ4v) is 22.2. The Labute approximate surface area is 808 Å². The molecule has 3 N–H and O–H groups in total. The summed E-state index contributed by atoms with van der Waals surface area (Å²) in [5.74, 6) is 1.06. The van der Waals surface area contributed by atoms with Gasteiger partial charge in [-0.05, 0) is 313 Å². The number of halogens is 3. The lowest BCUT2D eigenvalue weighted by atomic mass is 9.91. The summed E-state index contributed by atoms with van der Waals surface area (Å²) in [4.78, 5) is 84.2.